The highest BCUT2D eigenvalue weighted by Crippen LogP contribution is 2.13. The number of aromatic nitrogens is 3. The molecule has 0 aliphatic rings. The van der Waals surface area contributed by atoms with Crippen LogP contribution in [0.5, 0.6) is 0 Å². The molecular weight excluding hydrogens is 238 g/mol. The Morgan fingerprint density at radius 2 is 2.05 bits per heavy atom. The summed E-state index contributed by atoms with van der Waals surface area (Å²) in [7, 11) is 0. The van der Waals surface area contributed by atoms with Crippen LogP contribution in [0.3, 0.4) is 0 Å². The zero-order valence-corrected chi connectivity index (χ0v) is 11.4. The van der Waals surface area contributed by atoms with Gasteiger partial charge in [-0.1, -0.05) is 44.2 Å². The van der Waals surface area contributed by atoms with Crippen LogP contribution in [-0.2, 0) is 13.0 Å². The van der Waals surface area contributed by atoms with Crippen LogP contribution in [0.1, 0.15) is 36.5 Å². The Hall–Kier alpha value is -1.97. The summed E-state index contributed by atoms with van der Waals surface area (Å²) in [4.78, 5) is 16.5. The molecule has 1 aromatic heterocycles. The van der Waals surface area contributed by atoms with Crippen molar-refractivity contribution in [3.8, 4) is 0 Å². The fourth-order valence-corrected chi connectivity index (χ4v) is 2.10. The van der Waals surface area contributed by atoms with Crippen molar-refractivity contribution >= 4 is 5.78 Å². The first-order valence-corrected chi connectivity index (χ1v) is 6.68. The van der Waals surface area contributed by atoms with Gasteiger partial charge in [0.05, 0.1) is 0 Å². The van der Waals surface area contributed by atoms with Crippen molar-refractivity contribution in [2.75, 3.05) is 0 Å². The zero-order valence-electron chi connectivity index (χ0n) is 11.4. The predicted molar refractivity (Wildman–Crippen MR) is 74.0 cm³/mol. The van der Waals surface area contributed by atoms with E-state index < -0.39 is 0 Å². The number of carbonyl (C=O) groups is 1. The first kappa shape index (κ1) is 13.5. The van der Waals surface area contributed by atoms with E-state index in [1.165, 1.54) is 0 Å². The topological polar surface area (TPSA) is 47.8 Å². The molecule has 2 rings (SSSR count). The van der Waals surface area contributed by atoms with Gasteiger partial charge in [0.1, 0.15) is 12.2 Å². The van der Waals surface area contributed by atoms with Crippen LogP contribution >= 0.6 is 0 Å². The van der Waals surface area contributed by atoms with Gasteiger partial charge in [-0.2, -0.15) is 5.10 Å². The molecule has 4 nitrogen and oxygen atoms in total. The molecule has 0 aliphatic heterocycles. The van der Waals surface area contributed by atoms with Crippen LogP contribution in [0.2, 0.25) is 0 Å². The molecule has 2 aromatic rings. The summed E-state index contributed by atoms with van der Waals surface area (Å²) < 4.78 is 1.88. The molecule has 0 aliphatic carbocycles. The van der Waals surface area contributed by atoms with E-state index in [0.717, 1.165) is 24.4 Å². The minimum Gasteiger partial charge on any atom is -0.294 e. The Morgan fingerprint density at radius 1 is 1.32 bits per heavy atom. The van der Waals surface area contributed by atoms with Gasteiger partial charge in [0.15, 0.2) is 5.78 Å². The molecule has 1 unspecified atom stereocenters. The standard InChI is InChI=1S/C15H19N3O/c1-3-9-18-14(16-11-17-18)10-12(2)15(19)13-7-5-4-6-8-13/h4-8,11-12H,3,9-10H2,1-2H3. The second-order valence-electron chi connectivity index (χ2n) is 4.73. The summed E-state index contributed by atoms with van der Waals surface area (Å²) in [5.41, 5.74) is 0.761. The van der Waals surface area contributed by atoms with Crippen molar-refractivity contribution in [2.45, 2.75) is 33.2 Å². The Morgan fingerprint density at radius 3 is 2.74 bits per heavy atom. The van der Waals surface area contributed by atoms with Crippen molar-refractivity contribution < 1.29 is 4.79 Å². The number of hydrogen-bond acceptors (Lipinski definition) is 3. The lowest BCUT2D eigenvalue weighted by molar-refractivity contribution is 0.0927. The normalized spacial score (nSPS) is 12.3. The van der Waals surface area contributed by atoms with E-state index in [1.54, 1.807) is 6.33 Å². The fourth-order valence-electron chi connectivity index (χ4n) is 2.10. The molecule has 0 spiro atoms. The molecular formula is C15H19N3O. The third kappa shape index (κ3) is 3.28. The van der Waals surface area contributed by atoms with E-state index in [1.807, 2.05) is 41.9 Å². The monoisotopic (exact) mass is 257 g/mol. The number of aryl methyl sites for hydroxylation is 1. The van der Waals surface area contributed by atoms with Crippen molar-refractivity contribution in [1.29, 1.82) is 0 Å². The number of nitrogens with zero attached hydrogens (tertiary/aromatic N) is 3. The Bertz CT molecular complexity index is 533. The average molecular weight is 257 g/mol. The Kier molecular flexibility index (Phi) is 4.44. The molecule has 0 bridgehead atoms. The van der Waals surface area contributed by atoms with Crippen LogP contribution in [0, 0.1) is 5.92 Å². The summed E-state index contributed by atoms with van der Waals surface area (Å²) in [5, 5.41) is 4.19. The van der Waals surface area contributed by atoms with Crippen molar-refractivity contribution in [2.24, 2.45) is 5.92 Å². The SMILES string of the molecule is CCCn1ncnc1CC(C)C(=O)c1ccccc1. The molecule has 0 saturated heterocycles. The third-order valence-corrected chi connectivity index (χ3v) is 3.13. The first-order valence-electron chi connectivity index (χ1n) is 6.68. The minimum absolute atomic E-state index is 0.0813. The molecule has 4 heteroatoms. The number of Topliss-reactive ketones (excluding diaryl/α,β-unsaturated/α-hetero) is 1. The lowest BCUT2D eigenvalue weighted by Crippen LogP contribution is -2.17. The number of hydrogen-bond donors (Lipinski definition) is 0. The van der Waals surface area contributed by atoms with Crippen LogP contribution in [0.4, 0.5) is 0 Å². The summed E-state index contributed by atoms with van der Waals surface area (Å²) in [6, 6.07) is 9.41. The second kappa shape index (κ2) is 6.27. The molecule has 1 atom stereocenters. The van der Waals surface area contributed by atoms with Gasteiger partial charge in [0.2, 0.25) is 0 Å². The summed E-state index contributed by atoms with van der Waals surface area (Å²) in [6.45, 7) is 4.89. The predicted octanol–water partition coefficient (Wildman–Crippen LogP) is 2.75. The molecule has 100 valence electrons. The third-order valence-electron chi connectivity index (χ3n) is 3.13. The molecule has 0 N–H and O–H groups in total. The van der Waals surface area contributed by atoms with Crippen molar-refractivity contribution in [3.63, 3.8) is 0 Å². The van der Waals surface area contributed by atoms with Crippen molar-refractivity contribution in [1.82, 2.24) is 14.8 Å². The van der Waals surface area contributed by atoms with Crippen LogP contribution in [0.15, 0.2) is 36.7 Å². The second-order valence-corrected chi connectivity index (χ2v) is 4.73. The largest absolute Gasteiger partial charge is 0.294 e. The van der Waals surface area contributed by atoms with E-state index in [4.69, 9.17) is 0 Å². The first-order chi connectivity index (χ1) is 9.22. The summed E-state index contributed by atoms with van der Waals surface area (Å²) in [6.07, 6.45) is 3.20. The van der Waals surface area contributed by atoms with E-state index in [9.17, 15) is 4.79 Å². The molecule has 0 radical (unpaired) electrons. The van der Waals surface area contributed by atoms with Gasteiger partial charge < -0.3 is 0 Å². The highest BCUT2D eigenvalue weighted by molar-refractivity contribution is 5.97. The smallest absolute Gasteiger partial charge is 0.166 e. The van der Waals surface area contributed by atoms with E-state index in [0.29, 0.717) is 6.42 Å². The lowest BCUT2D eigenvalue weighted by Gasteiger charge is -2.11. The van der Waals surface area contributed by atoms with Gasteiger partial charge in [-0.25, -0.2) is 4.98 Å². The number of ketones is 1. The molecule has 19 heavy (non-hydrogen) atoms. The lowest BCUT2D eigenvalue weighted by atomic mass is 9.96. The van der Waals surface area contributed by atoms with Crippen molar-refractivity contribution in [3.05, 3.63) is 48.0 Å². The summed E-state index contributed by atoms with van der Waals surface area (Å²) in [5.74, 6) is 0.965. The molecule has 1 heterocycles. The van der Waals surface area contributed by atoms with E-state index in [-0.39, 0.29) is 11.7 Å². The fraction of sp³-hybridized carbons (Fsp3) is 0.400. The minimum atomic E-state index is -0.0813. The maximum atomic E-state index is 12.3. The Balaban J connectivity index is 2.06. The highest BCUT2D eigenvalue weighted by Gasteiger charge is 2.18. The van der Waals surface area contributed by atoms with Gasteiger partial charge in [0, 0.05) is 24.4 Å². The maximum Gasteiger partial charge on any atom is 0.166 e. The van der Waals surface area contributed by atoms with E-state index >= 15 is 0 Å². The molecule has 1 aromatic carbocycles. The average Bonchev–Trinajstić information content (AvgIpc) is 2.86. The number of carbonyl (C=O) groups excluding carboxylic acids is 1. The van der Waals surface area contributed by atoms with Crippen LogP contribution in [0.25, 0.3) is 0 Å². The van der Waals surface area contributed by atoms with E-state index in [2.05, 4.69) is 17.0 Å². The zero-order chi connectivity index (χ0) is 13.7. The summed E-state index contributed by atoms with van der Waals surface area (Å²) >= 11 is 0. The number of rotatable bonds is 6. The highest BCUT2D eigenvalue weighted by atomic mass is 16.1. The number of benzene rings is 1. The molecule has 0 amide bonds. The van der Waals surface area contributed by atoms with Gasteiger partial charge in [-0.05, 0) is 6.42 Å². The van der Waals surface area contributed by atoms with Gasteiger partial charge in [0.25, 0.3) is 0 Å². The quantitative estimate of drug-likeness (QED) is 0.748. The Labute approximate surface area is 113 Å². The van der Waals surface area contributed by atoms with Crippen LogP contribution in [-0.4, -0.2) is 20.5 Å². The van der Waals surface area contributed by atoms with Gasteiger partial charge >= 0.3 is 0 Å². The van der Waals surface area contributed by atoms with Crippen LogP contribution < -0.4 is 0 Å². The van der Waals surface area contributed by atoms with Gasteiger partial charge in [-0.3, -0.25) is 9.48 Å². The maximum absolute atomic E-state index is 12.3. The van der Waals surface area contributed by atoms with Gasteiger partial charge in [-0.15, -0.1) is 0 Å². The molecule has 0 saturated carbocycles. The molecule has 0 fully saturated rings.